The molecule has 1 saturated heterocycles. The molecule has 2 aromatic rings. The van der Waals surface area contributed by atoms with Crippen molar-refractivity contribution in [2.75, 3.05) is 33.3 Å². The molecular formula is C16H22Cl2N2O2S. The van der Waals surface area contributed by atoms with Gasteiger partial charge in [-0.1, -0.05) is 6.07 Å². The van der Waals surface area contributed by atoms with Crippen LogP contribution in [0.4, 0.5) is 0 Å². The molecule has 128 valence electrons. The van der Waals surface area contributed by atoms with Crippen LogP contribution < -0.4 is 10.1 Å². The second-order valence-corrected chi connectivity index (χ2v) is 6.11. The summed E-state index contributed by atoms with van der Waals surface area (Å²) in [5.41, 5.74) is 0.915. The molecule has 0 amide bonds. The van der Waals surface area contributed by atoms with Crippen molar-refractivity contribution in [2.45, 2.75) is 6.04 Å². The summed E-state index contributed by atoms with van der Waals surface area (Å²) in [6.07, 6.45) is 0. The van der Waals surface area contributed by atoms with Crippen LogP contribution in [-0.4, -0.2) is 43.3 Å². The normalized spacial score (nSPS) is 16.0. The van der Waals surface area contributed by atoms with Crippen molar-refractivity contribution in [1.29, 1.82) is 0 Å². The van der Waals surface area contributed by atoms with Gasteiger partial charge in [-0.05, 0) is 29.6 Å². The average Bonchev–Trinajstić information content (AvgIpc) is 3.04. The summed E-state index contributed by atoms with van der Waals surface area (Å²) in [5.74, 6) is 1.10. The zero-order chi connectivity index (χ0) is 14.7. The molecule has 2 N–H and O–H groups in total. The minimum atomic E-state index is 0. The maximum atomic E-state index is 10.3. The zero-order valence-corrected chi connectivity index (χ0v) is 15.3. The fourth-order valence-corrected chi connectivity index (χ4v) is 3.67. The van der Waals surface area contributed by atoms with Crippen molar-refractivity contribution in [2.24, 2.45) is 0 Å². The van der Waals surface area contributed by atoms with Crippen molar-refractivity contribution in [3.63, 3.8) is 0 Å². The Labute approximate surface area is 153 Å². The molecule has 0 bridgehead atoms. The number of phenols is 1. The number of halogens is 2. The van der Waals surface area contributed by atoms with Gasteiger partial charge in [-0.15, -0.1) is 36.2 Å². The molecule has 1 fully saturated rings. The minimum Gasteiger partial charge on any atom is -0.508 e. The molecule has 2 heterocycles. The van der Waals surface area contributed by atoms with E-state index in [0.717, 1.165) is 37.5 Å². The molecular weight excluding hydrogens is 355 g/mol. The summed E-state index contributed by atoms with van der Waals surface area (Å²) >= 11 is 1.73. The first-order valence-corrected chi connectivity index (χ1v) is 8.02. The molecule has 3 rings (SSSR count). The van der Waals surface area contributed by atoms with E-state index in [1.807, 2.05) is 6.07 Å². The molecule has 0 spiro atoms. The van der Waals surface area contributed by atoms with E-state index in [1.165, 1.54) is 4.88 Å². The van der Waals surface area contributed by atoms with E-state index in [4.69, 9.17) is 4.74 Å². The van der Waals surface area contributed by atoms with Gasteiger partial charge in [0.1, 0.15) is 11.5 Å². The molecule has 4 nitrogen and oxygen atoms in total. The van der Waals surface area contributed by atoms with Gasteiger partial charge in [0.05, 0.1) is 13.2 Å². The van der Waals surface area contributed by atoms with E-state index in [0.29, 0.717) is 5.75 Å². The van der Waals surface area contributed by atoms with Gasteiger partial charge < -0.3 is 15.2 Å². The van der Waals surface area contributed by atoms with Crippen molar-refractivity contribution in [3.8, 4) is 11.5 Å². The first-order valence-electron chi connectivity index (χ1n) is 7.14. The molecule has 1 atom stereocenters. The molecule has 1 aliphatic rings. The predicted octanol–water partition coefficient (Wildman–Crippen LogP) is 3.30. The quantitative estimate of drug-likeness (QED) is 0.858. The molecule has 23 heavy (non-hydrogen) atoms. The Bertz CT molecular complexity index is 590. The predicted molar refractivity (Wildman–Crippen MR) is 99.8 cm³/mol. The van der Waals surface area contributed by atoms with Crippen LogP contribution >= 0.6 is 36.2 Å². The molecule has 0 aliphatic carbocycles. The minimum absolute atomic E-state index is 0. The molecule has 1 aromatic carbocycles. The number of nitrogens with one attached hydrogen (secondary N) is 1. The molecule has 0 radical (unpaired) electrons. The lowest BCUT2D eigenvalue weighted by Gasteiger charge is -2.35. The van der Waals surface area contributed by atoms with Gasteiger partial charge in [0, 0.05) is 36.6 Å². The van der Waals surface area contributed by atoms with Crippen LogP contribution in [-0.2, 0) is 0 Å². The topological polar surface area (TPSA) is 44.7 Å². The number of piperazine rings is 1. The van der Waals surface area contributed by atoms with E-state index in [9.17, 15) is 5.11 Å². The molecule has 1 aliphatic heterocycles. The first-order chi connectivity index (χ1) is 10.3. The number of phenolic OH excluding ortho intramolecular Hbond substituents is 1. The number of aromatic hydroxyl groups is 1. The van der Waals surface area contributed by atoms with Gasteiger partial charge in [-0.25, -0.2) is 0 Å². The average molecular weight is 377 g/mol. The van der Waals surface area contributed by atoms with Crippen molar-refractivity contribution in [1.82, 2.24) is 10.2 Å². The van der Waals surface area contributed by atoms with E-state index in [2.05, 4.69) is 27.7 Å². The van der Waals surface area contributed by atoms with E-state index in [-0.39, 0.29) is 30.9 Å². The van der Waals surface area contributed by atoms with Crippen LogP contribution in [0, 0.1) is 0 Å². The first kappa shape index (κ1) is 20.1. The van der Waals surface area contributed by atoms with E-state index >= 15 is 0 Å². The third kappa shape index (κ3) is 4.52. The lowest BCUT2D eigenvalue weighted by molar-refractivity contribution is 0.197. The number of thiophene rings is 1. The summed E-state index contributed by atoms with van der Waals surface area (Å²) < 4.78 is 5.33. The summed E-state index contributed by atoms with van der Waals surface area (Å²) in [5, 5.41) is 15.8. The Morgan fingerprint density at radius 3 is 2.57 bits per heavy atom. The van der Waals surface area contributed by atoms with Crippen molar-refractivity contribution < 1.29 is 9.84 Å². The van der Waals surface area contributed by atoms with Crippen LogP contribution in [0.1, 0.15) is 16.5 Å². The third-order valence-electron chi connectivity index (χ3n) is 3.86. The number of hydrogen-bond acceptors (Lipinski definition) is 5. The largest absolute Gasteiger partial charge is 0.508 e. The van der Waals surface area contributed by atoms with Crippen LogP contribution in [0.15, 0.2) is 35.7 Å². The van der Waals surface area contributed by atoms with Gasteiger partial charge >= 0.3 is 0 Å². The number of rotatable bonds is 4. The summed E-state index contributed by atoms with van der Waals surface area (Å²) in [6.45, 7) is 3.90. The Hall–Kier alpha value is -0.980. The summed E-state index contributed by atoms with van der Waals surface area (Å²) in [7, 11) is 1.65. The molecule has 0 unspecified atom stereocenters. The summed E-state index contributed by atoms with van der Waals surface area (Å²) in [4.78, 5) is 3.66. The smallest absolute Gasteiger partial charge is 0.121 e. The third-order valence-corrected chi connectivity index (χ3v) is 4.78. The van der Waals surface area contributed by atoms with Crippen LogP contribution in [0.3, 0.4) is 0 Å². The highest BCUT2D eigenvalue weighted by atomic mass is 35.5. The Balaban J connectivity index is 0.00000132. The number of hydrogen-bond donors (Lipinski definition) is 2. The lowest BCUT2D eigenvalue weighted by Crippen LogP contribution is -2.45. The SMILES string of the molecule is COc1ccc(O)c([C@@H](c2cccs2)N2CCNCC2)c1.Cl.Cl. The highest BCUT2D eigenvalue weighted by Crippen LogP contribution is 2.38. The monoisotopic (exact) mass is 376 g/mol. The molecule has 0 saturated carbocycles. The molecule has 7 heteroatoms. The van der Waals surface area contributed by atoms with E-state index < -0.39 is 0 Å². The van der Waals surface area contributed by atoms with Crippen molar-refractivity contribution >= 4 is 36.2 Å². The fourth-order valence-electron chi connectivity index (χ4n) is 2.80. The van der Waals surface area contributed by atoms with Crippen LogP contribution in [0.5, 0.6) is 11.5 Å². The maximum Gasteiger partial charge on any atom is 0.121 e. The maximum absolute atomic E-state index is 10.3. The Kier molecular flexibility index (Phi) is 8.16. The van der Waals surface area contributed by atoms with Gasteiger partial charge in [0.15, 0.2) is 0 Å². The Morgan fingerprint density at radius 2 is 1.96 bits per heavy atom. The fraction of sp³-hybridized carbons (Fsp3) is 0.375. The second-order valence-electron chi connectivity index (χ2n) is 5.13. The number of nitrogens with zero attached hydrogens (tertiary/aromatic N) is 1. The standard InChI is InChI=1S/C16H20N2O2S.2ClH/c1-20-12-4-5-14(19)13(11-12)16(15-3-2-10-21-15)18-8-6-17-7-9-18;;/h2-5,10-11,16-17,19H,6-9H2,1H3;2*1H/t16-;;/m0../s1. The van der Waals surface area contributed by atoms with E-state index in [1.54, 1.807) is 30.6 Å². The zero-order valence-electron chi connectivity index (χ0n) is 12.9. The van der Waals surface area contributed by atoms with Gasteiger partial charge in [-0.3, -0.25) is 4.90 Å². The highest BCUT2D eigenvalue weighted by Gasteiger charge is 2.27. The second kappa shape index (κ2) is 9.35. The number of ether oxygens (including phenoxy) is 1. The van der Waals surface area contributed by atoms with Gasteiger partial charge in [0.2, 0.25) is 0 Å². The number of benzene rings is 1. The highest BCUT2D eigenvalue weighted by molar-refractivity contribution is 7.10. The van der Waals surface area contributed by atoms with Crippen LogP contribution in [0.2, 0.25) is 0 Å². The Morgan fingerprint density at radius 1 is 1.22 bits per heavy atom. The lowest BCUT2D eigenvalue weighted by atomic mass is 10.0. The number of methoxy groups -OCH3 is 1. The molecule has 1 aromatic heterocycles. The summed E-state index contributed by atoms with van der Waals surface area (Å²) in [6, 6.07) is 9.74. The van der Waals surface area contributed by atoms with Gasteiger partial charge in [-0.2, -0.15) is 0 Å². The van der Waals surface area contributed by atoms with Crippen molar-refractivity contribution in [3.05, 3.63) is 46.2 Å². The van der Waals surface area contributed by atoms with Crippen LogP contribution in [0.25, 0.3) is 0 Å². The van der Waals surface area contributed by atoms with Gasteiger partial charge in [0.25, 0.3) is 0 Å².